The van der Waals surface area contributed by atoms with Crippen molar-refractivity contribution in [1.82, 2.24) is 0 Å². The Kier molecular flexibility index (Phi) is 3.17. The molecular formula is C13H17BrO. The van der Waals surface area contributed by atoms with Crippen molar-refractivity contribution >= 4 is 15.9 Å². The second-order valence-corrected chi connectivity index (χ2v) is 5.54. The van der Waals surface area contributed by atoms with Crippen LogP contribution in [0.3, 0.4) is 0 Å². The van der Waals surface area contributed by atoms with Gasteiger partial charge in [-0.3, -0.25) is 0 Å². The predicted molar refractivity (Wildman–Crippen MR) is 66.2 cm³/mol. The van der Waals surface area contributed by atoms with E-state index in [0.717, 1.165) is 11.8 Å². The molecule has 15 heavy (non-hydrogen) atoms. The lowest BCUT2D eigenvalue weighted by Crippen LogP contribution is -2.16. The van der Waals surface area contributed by atoms with Gasteiger partial charge in [-0.1, -0.05) is 60.1 Å². The van der Waals surface area contributed by atoms with Gasteiger partial charge in [-0.25, -0.2) is 0 Å². The molecule has 0 N–H and O–H groups in total. The molecule has 2 heteroatoms. The maximum Gasteiger partial charge on any atom is 0.0880 e. The highest BCUT2D eigenvalue weighted by Crippen LogP contribution is 2.47. The van der Waals surface area contributed by atoms with Gasteiger partial charge < -0.3 is 4.74 Å². The predicted octanol–water partition coefficient (Wildman–Crippen LogP) is 3.94. The molecule has 0 aromatic heterocycles. The average Bonchev–Trinajstić information content (AvgIpc) is 2.55. The molecule has 1 aliphatic rings. The summed E-state index contributed by atoms with van der Waals surface area (Å²) in [5.74, 6) is 0. The normalized spacial score (nSPS) is 29.3. The molecule has 1 heterocycles. The molecule has 1 saturated heterocycles. The van der Waals surface area contributed by atoms with Crippen LogP contribution in [0.15, 0.2) is 30.3 Å². The zero-order chi connectivity index (χ0) is 10.9. The number of alkyl halides is 1. The van der Waals surface area contributed by atoms with Crippen molar-refractivity contribution in [3.63, 3.8) is 0 Å². The third kappa shape index (κ3) is 2.26. The second kappa shape index (κ2) is 4.26. The Morgan fingerprint density at radius 1 is 1.33 bits per heavy atom. The molecule has 1 nitrogen and oxygen atoms in total. The first-order chi connectivity index (χ1) is 7.13. The van der Waals surface area contributed by atoms with Gasteiger partial charge in [-0.15, -0.1) is 0 Å². The number of hydrogen-bond donors (Lipinski definition) is 0. The van der Waals surface area contributed by atoms with E-state index in [1.54, 1.807) is 0 Å². The van der Waals surface area contributed by atoms with Gasteiger partial charge in [0, 0.05) is 5.33 Å². The number of halogens is 1. The van der Waals surface area contributed by atoms with Crippen LogP contribution in [-0.4, -0.2) is 11.4 Å². The monoisotopic (exact) mass is 268 g/mol. The van der Waals surface area contributed by atoms with Crippen molar-refractivity contribution in [2.24, 2.45) is 5.41 Å². The summed E-state index contributed by atoms with van der Waals surface area (Å²) in [6.45, 7) is 4.57. The minimum absolute atomic E-state index is 0.236. The fourth-order valence-corrected chi connectivity index (χ4v) is 2.75. The highest BCUT2D eigenvalue weighted by molar-refractivity contribution is 9.09. The quantitative estimate of drug-likeness (QED) is 0.739. The Balaban J connectivity index is 2.23. The number of hydrogen-bond acceptors (Lipinski definition) is 1. The molecule has 1 aliphatic heterocycles. The van der Waals surface area contributed by atoms with Gasteiger partial charge >= 0.3 is 0 Å². The van der Waals surface area contributed by atoms with Crippen LogP contribution in [0.25, 0.3) is 0 Å². The number of benzene rings is 1. The van der Waals surface area contributed by atoms with E-state index in [4.69, 9.17) is 4.74 Å². The minimum atomic E-state index is 0.236. The first-order valence-corrected chi connectivity index (χ1v) is 6.52. The van der Waals surface area contributed by atoms with Gasteiger partial charge in [0.05, 0.1) is 12.2 Å². The Morgan fingerprint density at radius 2 is 2.00 bits per heavy atom. The van der Waals surface area contributed by atoms with E-state index < -0.39 is 0 Å². The highest BCUT2D eigenvalue weighted by Gasteiger charge is 2.41. The van der Waals surface area contributed by atoms with Crippen molar-refractivity contribution in [1.29, 1.82) is 0 Å². The molecule has 1 aromatic rings. The Labute approximate surface area is 100.0 Å². The van der Waals surface area contributed by atoms with E-state index in [1.807, 2.05) is 6.07 Å². The molecule has 0 unspecified atom stereocenters. The van der Waals surface area contributed by atoms with Crippen LogP contribution in [0.1, 0.15) is 31.9 Å². The summed E-state index contributed by atoms with van der Waals surface area (Å²) in [6, 6.07) is 10.5. The summed E-state index contributed by atoms with van der Waals surface area (Å²) in [4.78, 5) is 0. The minimum Gasteiger partial charge on any atom is -0.369 e. The molecule has 0 saturated carbocycles. The Morgan fingerprint density at radius 3 is 2.53 bits per heavy atom. The largest absolute Gasteiger partial charge is 0.369 e. The fraction of sp³-hybridized carbons (Fsp3) is 0.538. The molecule has 82 valence electrons. The van der Waals surface area contributed by atoms with Gasteiger partial charge in [-0.05, 0) is 17.4 Å². The van der Waals surface area contributed by atoms with Crippen LogP contribution in [0.2, 0.25) is 0 Å². The summed E-state index contributed by atoms with van der Waals surface area (Å²) in [7, 11) is 0. The maximum absolute atomic E-state index is 6.07. The summed E-state index contributed by atoms with van der Waals surface area (Å²) in [6.07, 6.45) is 1.71. The van der Waals surface area contributed by atoms with E-state index in [2.05, 4.69) is 54.0 Å². The Bertz CT molecular complexity index is 321. The molecule has 0 amide bonds. The average molecular weight is 269 g/mol. The van der Waals surface area contributed by atoms with Gasteiger partial charge in [0.25, 0.3) is 0 Å². The van der Waals surface area contributed by atoms with E-state index in [1.165, 1.54) is 5.56 Å². The summed E-state index contributed by atoms with van der Waals surface area (Å²) >= 11 is 3.50. The lowest BCUT2D eigenvalue weighted by Gasteiger charge is -2.25. The Hall–Kier alpha value is -0.340. The first-order valence-electron chi connectivity index (χ1n) is 5.40. The molecule has 0 spiro atoms. The zero-order valence-electron chi connectivity index (χ0n) is 9.24. The van der Waals surface area contributed by atoms with Gasteiger partial charge in [0.1, 0.15) is 0 Å². The standard InChI is InChI=1S/C13H17BrO/c1-13(2)8-11(9-14)15-12(13)10-6-4-3-5-7-10/h3-7,11-12H,8-9H2,1-2H3/t11-,12+/m1/s1. The lowest BCUT2D eigenvalue weighted by atomic mass is 9.81. The molecular weight excluding hydrogens is 252 g/mol. The van der Waals surface area contributed by atoms with Crippen LogP contribution in [-0.2, 0) is 4.74 Å². The van der Waals surface area contributed by atoms with E-state index in [-0.39, 0.29) is 11.5 Å². The summed E-state index contributed by atoms with van der Waals surface area (Å²) in [5, 5.41) is 0.930. The third-order valence-corrected chi connectivity index (χ3v) is 3.79. The zero-order valence-corrected chi connectivity index (χ0v) is 10.8. The summed E-state index contributed by atoms with van der Waals surface area (Å²) in [5.41, 5.74) is 1.53. The van der Waals surface area contributed by atoms with Crippen LogP contribution < -0.4 is 0 Å². The SMILES string of the molecule is CC1(C)C[C@H](CBr)O[C@H]1c1ccccc1. The van der Waals surface area contributed by atoms with Gasteiger partial charge in [0.2, 0.25) is 0 Å². The van der Waals surface area contributed by atoms with Crippen molar-refractivity contribution in [3.8, 4) is 0 Å². The topological polar surface area (TPSA) is 9.23 Å². The van der Waals surface area contributed by atoms with Crippen LogP contribution in [0.4, 0.5) is 0 Å². The van der Waals surface area contributed by atoms with Gasteiger partial charge in [-0.2, -0.15) is 0 Å². The smallest absolute Gasteiger partial charge is 0.0880 e. The van der Waals surface area contributed by atoms with E-state index >= 15 is 0 Å². The second-order valence-electron chi connectivity index (χ2n) is 4.90. The fourth-order valence-electron chi connectivity index (χ4n) is 2.37. The van der Waals surface area contributed by atoms with E-state index in [0.29, 0.717) is 6.10 Å². The lowest BCUT2D eigenvalue weighted by molar-refractivity contribution is 0.0286. The van der Waals surface area contributed by atoms with Crippen LogP contribution in [0, 0.1) is 5.41 Å². The van der Waals surface area contributed by atoms with Crippen molar-refractivity contribution in [2.45, 2.75) is 32.5 Å². The number of ether oxygens (including phenoxy) is 1. The molecule has 1 fully saturated rings. The van der Waals surface area contributed by atoms with Crippen molar-refractivity contribution in [3.05, 3.63) is 35.9 Å². The summed E-state index contributed by atoms with van der Waals surface area (Å²) < 4.78 is 6.07. The first kappa shape index (κ1) is 11.2. The van der Waals surface area contributed by atoms with Crippen LogP contribution in [0.5, 0.6) is 0 Å². The van der Waals surface area contributed by atoms with Gasteiger partial charge in [0.15, 0.2) is 0 Å². The third-order valence-electron chi connectivity index (χ3n) is 3.07. The molecule has 0 radical (unpaired) electrons. The molecule has 0 aliphatic carbocycles. The maximum atomic E-state index is 6.07. The number of rotatable bonds is 2. The van der Waals surface area contributed by atoms with Crippen molar-refractivity contribution < 1.29 is 4.74 Å². The molecule has 0 bridgehead atoms. The highest BCUT2D eigenvalue weighted by atomic mass is 79.9. The molecule has 1 aromatic carbocycles. The molecule has 2 atom stereocenters. The molecule has 2 rings (SSSR count). The van der Waals surface area contributed by atoms with Crippen molar-refractivity contribution in [2.75, 3.05) is 5.33 Å². The van der Waals surface area contributed by atoms with Crippen LogP contribution >= 0.6 is 15.9 Å². The van der Waals surface area contributed by atoms with E-state index in [9.17, 15) is 0 Å².